The second-order valence-corrected chi connectivity index (χ2v) is 5.22. The first kappa shape index (κ1) is 14.8. The molecule has 4 heteroatoms. The summed E-state index contributed by atoms with van der Waals surface area (Å²) in [5.41, 5.74) is 4.12. The molecule has 1 N–H and O–H groups in total. The molecule has 0 fully saturated rings. The molecule has 3 nitrogen and oxygen atoms in total. The van der Waals surface area contributed by atoms with Crippen LogP contribution in [0.5, 0.6) is 0 Å². The number of aromatic nitrogens is 2. The van der Waals surface area contributed by atoms with Crippen LogP contribution in [0, 0.1) is 13.8 Å². The van der Waals surface area contributed by atoms with Crippen molar-refractivity contribution in [3.05, 3.63) is 40.2 Å². The molecule has 0 amide bonds. The lowest BCUT2D eigenvalue weighted by Gasteiger charge is -2.13. The summed E-state index contributed by atoms with van der Waals surface area (Å²) in [7, 11) is 0. The number of benzene rings is 1. The van der Waals surface area contributed by atoms with Crippen LogP contribution in [0.1, 0.15) is 30.8 Å². The van der Waals surface area contributed by atoms with Crippen LogP contribution >= 0.6 is 11.6 Å². The van der Waals surface area contributed by atoms with Crippen LogP contribution in [0.3, 0.4) is 0 Å². The molecule has 0 bridgehead atoms. The monoisotopic (exact) mass is 289 g/mol. The van der Waals surface area contributed by atoms with E-state index in [4.69, 9.17) is 11.6 Å². The Balaban J connectivity index is 2.59. The highest BCUT2D eigenvalue weighted by atomic mass is 35.5. The average Bonchev–Trinajstić information content (AvgIpc) is 2.44. The molecule has 0 radical (unpaired) electrons. The Kier molecular flexibility index (Phi) is 4.61. The number of nitrogens with zero attached hydrogens (tertiary/aromatic N) is 2. The third-order valence-corrected chi connectivity index (χ3v) is 3.71. The van der Waals surface area contributed by atoms with E-state index in [9.17, 15) is 0 Å². The largest absolute Gasteiger partial charge is 0.370 e. The third kappa shape index (κ3) is 2.93. The highest BCUT2D eigenvalue weighted by molar-refractivity contribution is 6.31. The standard InChI is InChI=1S/C16H20ClN3/c1-5-14-19-15(11(4)16(20-14)18-6-2)12-8-7-10(3)13(17)9-12/h7-9H,5-6H2,1-4H3,(H,18,19,20). The smallest absolute Gasteiger partial charge is 0.133 e. The lowest BCUT2D eigenvalue weighted by atomic mass is 10.1. The summed E-state index contributed by atoms with van der Waals surface area (Å²) >= 11 is 6.23. The molecule has 0 saturated heterocycles. The molecule has 0 saturated carbocycles. The Hall–Kier alpha value is -1.61. The van der Waals surface area contributed by atoms with Crippen molar-refractivity contribution in [2.45, 2.75) is 34.1 Å². The van der Waals surface area contributed by atoms with Crippen LogP contribution in [-0.4, -0.2) is 16.5 Å². The molecule has 1 heterocycles. The minimum absolute atomic E-state index is 0.767. The van der Waals surface area contributed by atoms with Gasteiger partial charge in [0.05, 0.1) is 5.69 Å². The first-order chi connectivity index (χ1) is 9.56. The SMILES string of the molecule is CCNc1nc(CC)nc(-c2ccc(C)c(Cl)c2)c1C. The number of rotatable bonds is 4. The van der Waals surface area contributed by atoms with E-state index in [1.807, 2.05) is 26.0 Å². The van der Waals surface area contributed by atoms with Crippen LogP contribution in [0.25, 0.3) is 11.3 Å². The number of hydrogen-bond donors (Lipinski definition) is 1. The van der Waals surface area contributed by atoms with Crippen LogP contribution in [-0.2, 0) is 6.42 Å². The summed E-state index contributed by atoms with van der Waals surface area (Å²) in [4.78, 5) is 9.22. The van der Waals surface area contributed by atoms with Crippen molar-refractivity contribution in [3.8, 4) is 11.3 Å². The van der Waals surface area contributed by atoms with Crippen molar-refractivity contribution in [2.75, 3.05) is 11.9 Å². The Bertz CT molecular complexity index is 623. The molecule has 1 aromatic heterocycles. The van der Waals surface area contributed by atoms with Gasteiger partial charge in [-0.3, -0.25) is 0 Å². The molecule has 2 rings (SSSR count). The lowest BCUT2D eigenvalue weighted by molar-refractivity contribution is 0.930. The highest BCUT2D eigenvalue weighted by Crippen LogP contribution is 2.29. The maximum absolute atomic E-state index is 6.23. The molecule has 1 aromatic carbocycles. The minimum atomic E-state index is 0.767. The van der Waals surface area contributed by atoms with Crippen molar-refractivity contribution in [1.29, 1.82) is 0 Å². The van der Waals surface area contributed by atoms with Gasteiger partial charge in [-0.2, -0.15) is 0 Å². The summed E-state index contributed by atoms with van der Waals surface area (Å²) in [5, 5.41) is 4.07. The van der Waals surface area contributed by atoms with E-state index in [1.54, 1.807) is 0 Å². The van der Waals surface area contributed by atoms with E-state index in [1.165, 1.54) is 0 Å². The molecule has 0 aliphatic carbocycles. The molecule has 0 atom stereocenters. The Labute approximate surface area is 125 Å². The van der Waals surface area contributed by atoms with Crippen LogP contribution in [0.15, 0.2) is 18.2 Å². The molecule has 2 aromatic rings. The molecule has 0 spiro atoms. The number of anilines is 1. The molecule has 0 unspecified atom stereocenters. The zero-order valence-corrected chi connectivity index (χ0v) is 13.2. The molecule has 106 valence electrons. The normalized spacial score (nSPS) is 10.7. The van der Waals surface area contributed by atoms with Crippen LogP contribution in [0.4, 0.5) is 5.82 Å². The van der Waals surface area contributed by atoms with Crippen LogP contribution < -0.4 is 5.32 Å². The van der Waals surface area contributed by atoms with Gasteiger partial charge in [0, 0.05) is 29.1 Å². The maximum atomic E-state index is 6.23. The first-order valence-corrected chi connectivity index (χ1v) is 7.32. The van der Waals surface area contributed by atoms with Crippen molar-refractivity contribution in [3.63, 3.8) is 0 Å². The fourth-order valence-corrected chi connectivity index (χ4v) is 2.26. The quantitative estimate of drug-likeness (QED) is 0.906. The van der Waals surface area contributed by atoms with Crippen LogP contribution in [0.2, 0.25) is 5.02 Å². The second kappa shape index (κ2) is 6.23. The van der Waals surface area contributed by atoms with Gasteiger partial charge in [0.2, 0.25) is 0 Å². The highest BCUT2D eigenvalue weighted by Gasteiger charge is 2.12. The number of aryl methyl sites for hydroxylation is 2. The predicted octanol–water partition coefficient (Wildman–Crippen LogP) is 4.41. The Morgan fingerprint density at radius 2 is 1.90 bits per heavy atom. The number of halogens is 1. The number of nitrogens with one attached hydrogen (secondary N) is 1. The van der Waals surface area contributed by atoms with Gasteiger partial charge in [0.1, 0.15) is 11.6 Å². The van der Waals surface area contributed by atoms with Gasteiger partial charge in [-0.05, 0) is 32.4 Å². The van der Waals surface area contributed by atoms with Crippen molar-refractivity contribution in [2.24, 2.45) is 0 Å². The minimum Gasteiger partial charge on any atom is -0.370 e. The van der Waals surface area contributed by atoms with Crippen molar-refractivity contribution in [1.82, 2.24) is 9.97 Å². The predicted molar refractivity (Wildman–Crippen MR) is 85.5 cm³/mol. The fourth-order valence-electron chi connectivity index (χ4n) is 2.08. The zero-order valence-electron chi connectivity index (χ0n) is 12.4. The van der Waals surface area contributed by atoms with Gasteiger partial charge >= 0.3 is 0 Å². The summed E-state index contributed by atoms with van der Waals surface area (Å²) in [5.74, 6) is 1.75. The molecule has 20 heavy (non-hydrogen) atoms. The van der Waals surface area contributed by atoms with Gasteiger partial charge in [-0.1, -0.05) is 30.7 Å². The topological polar surface area (TPSA) is 37.8 Å². The second-order valence-electron chi connectivity index (χ2n) is 4.81. The van der Waals surface area contributed by atoms with E-state index in [-0.39, 0.29) is 0 Å². The zero-order chi connectivity index (χ0) is 14.7. The fraction of sp³-hybridized carbons (Fsp3) is 0.375. The molecular weight excluding hydrogens is 270 g/mol. The molecule has 0 aliphatic rings. The van der Waals surface area contributed by atoms with Gasteiger partial charge < -0.3 is 5.32 Å². The Morgan fingerprint density at radius 3 is 2.50 bits per heavy atom. The van der Waals surface area contributed by atoms with E-state index in [2.05, 4.69) is 35.2 Å². The summed E-state index contributed by atoms with van der Waals surface area (Å²) in [6.45, 7) is 9.01. The summed E-state index contributed by atoms with van der Waals surface area (Å²) < 4.78 is 0. The summed E-state index contributed by atoms with van der Waals surface area (Å²) in [6, 6.07) is 6.06. The average molecular weight is 290 g/mol. The van der Waals surface area contributed by atoms with E-state index in [0.717, 1.165) is 52.0 Å². The van der Waals surface area contributed by atoms with E-state index in [0.29, 0.717) is 0 Å². The Morgan fingerprint density at radius 1 is 1.15 bits per heavy atom. The maximum Gasteiger partial charge on any atom is 0.133 e. The molecule has 0 aliphatic heterocycles. The van der Waals surface area contributed by atoms with Crippen molar-refractivity contribution < 1.29 is 0 Å². The van der Waals surface area contributed by atoms with E-state index >= 15 is 0 Å². The summed E-state index contributed by atoms with van der Waals surface area (Å²) in [6.07, 6.45) is 0.811. The van der Waals surface area contributed by atoms with E-state index < -0.39 is 0 Å². The molecular formula is C16H20ClN3. The lowest BCUT2D eigenvalue weighted by Crippen LogP contribution is -2.07. The van der Waals surface area contributed by atoms with Gasteiger partial charge in [0.15, 0.2) is 0 Å². The van der Waals surface area contributed by atoms with Crippen molar-refractivity contribution >= 4 is 17.4 Å². The first-order valence-electron chi connectivity index (χ1n) is 6.94. The van der Waals surface area contributed by atoms with Gasteiger partial charge in [-0.25, -0.2) is 9.97 Å². The van der Waals surface area contributed by atoms with Gasteiger partial charge in [0.25, 0.3) is 0 Å². The number of hydrogen-bond acceptors (Lipinski definition) is 3. The van der Waals surface area contributed by atoms with Gasteiger partial charge in [-0.15, -0.1) is 0 Å². The third-order valence-electron chi connectivity index (χ3n) is 3.30.